The van der Waals surface area contributed by atoms with Gasteiger partial charge in [0.05, 0.1) is 11.5 Å². The van der Waals surface area contributed by atoms with Gasteiger partial charge in [0.1, 0.15) is 10.6 Å². The maximum atomic E-state index is 11.8. The number of benzene rings is 2. The molecule has 0 fully saturated rings. The van der Waals surface area contributed by atoms with Crippen molar-refractivity contribution in [3.05, 3.63) is 59.0 Å². The molecular weight excluding hydrogens is 398 g/mol. The Balaban J connectivity index is 2.10. The van der Waals surface area contributed by atoms with Crippen molar-refractivity contribution in [2.75, 3.05) is 6.61 Å². The van der Waals surface area contributed by atoms with Gasteiger partial charge < -0.3 is 9.84 Å². The molecule has 0 saturated heterocycles. The second-order valence-corrected chi connectivity index (χ2v) is 8.67. The molecule has 3 rings (SSSR count). The molecule has 3 N–H and O–H groups in total. The number of primary sulfonamides is 1. The van der Waals surface area contributed by atoms with Crippen molar-refractivity contribution in [2.45, 2.75) is 18.7 Å². The minimum Gasteiger partial charge on any atom is -0.494 e. The van der Waals surface area contributed by atoms with Gasteiger partial charge >= 0.3 is 5.97 Å². The Morgan fingerprint density at radius 2 is 1.64 bits per heavy atom. The number of ether oxygens (including phenoxy) is 1. The maximum absolute atomic E-state index is 11.8. The highest BCUT2D eigenvalue weighted by Crippen LogP contribution is 2.42. The molecule has 0 aliphatic heterocycles. The van der Waals surface area contributed by atoms with E-state index in [1.54, 1.807) is 12.1 Å². The lowest BCUT2D eigenvalue weighted by molar-refractivity contribution is 0.0703. The van der Waals surface area contributed by atoms with E-state index in [1.807, 2.05) is 38.1 Å². The molecule has 146 valence electrons. The van der Waals surface area contributed by atoms with Crippen molar-refractivity contribution >= 4 is 27.3 Å². The average molecular weight is 418 g/mol. The van der Waals surface area contributed by atoms with Gasteiger partial charge in [-0.1, -0.05) is 12.1 Å². The van der Waals surface area contributed by atoms with Gasteiger partial charge in [0.2, 0.25) is 10.0 Å². The van der Waals surface area contributed by atoms with Gasteiger partial charge in [-0.15, -0.1) is 11.3 Å². The van der Waals surface area contributed by atoms with Crippen molar-refractivity contribution in [2.24, 2.45) is 5.14 Å². The number of rotatable bonds is 6. The van der Waals surface area contributed by atoms with Crippen molar-refractivity contribution in [3.63, 3.8) is 0 Å². The molecule has 0 radical (unpaired) electrons. The molecule has 0 atom stereocenters. The van der Waals surface area contributed by atoms with Crippen LogP contribution >= 0.6 is 11.3 Å². The summed E-state index contributed by atoms with van der Waals surface area (Å²) in [5.74, 6) is -0.284. The Labute approximate surface area is 167 Å². The summed E-state index contributed by atoms with van der Waals surface area (Å²) >= 11 is 1.19. The summed E-state index contributed by atoms with van der Waals surface area (Å²) in [5, 5.41) is 14.8. The first kappa shape index (κ1) is 20.1. The molecule has 0 aliphatic rings. The van der Waals surface area contributed by atoms with Crippen molar-refractivity contribution in [3.8, 4) is 27.3 Å². The van der Waals surface area contributed by atoms with Gasteiger partial charge in [0.15, 0.2) is 0 Å². The van der Waals surface area contributed by atoms with Crippen LogP contribution in [0, 0.1) is 6.92 Å². The van der Waals surface area contributed by atoms with Crippen LogP contribution < -0.4 is 9.88 Å². The van der Waals surface area contributed by atoms with E-state index in [-0.39, 0.29) is 9.77 Å². The van der Waals surface area contributed by atoms with Crippen molar-refractivity contribution in [1.82, 2.24) is 0 Å². The molecule has 0 spiro atoms. The first-order valence-electron chi connectivity index (χ1n) is 8.45. The number of nitrogens with two attached hydrogens (primary N) is 1. The van der Waals surface area contributed by atoms with E-state index in [1.165, 1.54) is 23.5 Å². The highest BCUT2D eigenvalue weighted by molar-refractivity contribution is 7.89. The second-order valence-electron chi connectivity index (χ2n) is 6.09. The van der Waals surface area contributed by atoms with Crippen LogP contribution in [0.25, 0.3) is 21.6 Å². The average Bonchev–Trinajstić information content (AvgIpc) is 2.99. The monoisotopic (exact) mass is 417 g/mol. The zero-order valence-corrected chi connectivity index (χ0v) is 16.9. The van der Waals surface area contributed by atoms with Crippen molar-refractivity contribution in [1.29, 1.82) is 0 Å². The van der Waals surface area contributed by atoms with E-state index in [0.717, 1.165) is 21.8 Å². The summed E-state index contributed by atoms with van der Waals surface area (Å²) in [6, 6.07) is 13.4. The predicted molar refractivity (Wildman–Crippen MR) is 109 cm³/mol. The Hall–Kier alpha value is -2.68. The van der Waals surface area contributed by atoms with Gasteiger partial charge in [-0.25, -0.2) is 18.4 Å². The lowest BCUT2D eigenvalue weighted by Gasteiger charge is -2.07. The van der Waals surface area contributed by atoms with Crippen LogP contribution in [-0.4, -0.2) is 26.1 Å². The van der Waals surface area contributed by atoms with Crippen LogP contribution in [0.1, 0.15) is 22.2 Å². The number of aromatic carboxylic acids is 1. The number of sulfonamides is 1. The Morgan fingerprint density at radius 3 is 2.14 bits per heavy atom. The first-order valence-corrected chi connectivity index (χ1v) is 10.8. The molecule has 1 heterocycles. The number of carbonyl (C=O) groups is 1. The van der Waals surface area contributed by atoms with Gasteiger partial charge in [-0.3, -0.25) is 0 Å². The third-order valence-electron chi connectivity index (χ3n) is 4.24. The van der Waals surface area contributed by atoms with Crippen LogP contribution in [0.15, 0.2) is 53.4 Å². The van der Waals surface area contributed by atoms with Gasteiger partial charge in [0, 0.05) is 10.4 Å². The third-order valence-corrected chi connectivity index (χ3v) is 6.50. The lowest BCUT2D eigenvalue weighted by Crippen LogP contribution is -2.11. The second kappa shape index (κ2) is 7.75. The highest BCUT2D eigenvalue weighted by Gasteiger charge is 2.22. The fourth-order valence-electron chi connectivity index (χ4n) is 2.97. The molecule has 0 aliphatic carbocycles. The van der Waals surface area contributed by atoms with Gasteiger partial charge in [0.25, 0.3) is 0 Å². The summed E-state index contributed by atoms with van der Waals surface area (Å²) in [6.45, 7) is 4.33. The molecule has 0 unspecified atom stereocenters. The molecule has 8 heteroatoms. The Bertz CT molecular complexity index is 1110. The zero-order chi connectivity index (χ0) is 20.5. The SMILES string of the molecule is CCOc1ccc(-c2sc(C(=O)O)c(-c3ccc(S(N)(=O)=O)cc3)c2C)cc1. The smallest absolute Gasteiger partial charge is 0.346 e. The molecule has 0 saturated carbocycles. The highest BCUT2D eigenvalue weighted by atomic mass is 32.2. The number of carboxylic acids is 1. The molecule has 3 aromatic rings. The molecule has 0 amide bonds. The van der Waals surface area contributed by atoms with E-state index in [4.69, 9.17) is 9.88 Å². The fraction of sp³-hybridized carbons (Fsp3) is 0.150. The largest absolute Gasteiger partial charge is 0.494 e. The summed E-state index contributed by atoms with van der Waals surface area (Å²) < 4.78 is 28.4. The van der Waals surface area contributed by atoms with Crippen LogP contribution in [0.5, 0.6) is 5.75 Å². The van der Waals surface area contributed by atoms with E-state index >= 15 is 0 Å². The maximum Gasteiger partial charge on any atom is 0.346 e. The summed E-state index contributed by atoms with van der Waals surface area (Å²) in [6.07, 6.45) is 0. The molecule has 0 bridgehead atoms. The van der Waals surface area contributed by atoms with Gasteiger partial charge in [-0.2, -0.15) is 0 Å². The minimum atomic E-state index is -3.81. The zero-order valence-electron chi connectivity index (χ0n) is 15.3. The minimum absolute atomic E-state index is 0.0206. The summed E-state index contributed by atoms with van der Waals surface area (Å²) in [7, 11) is -3.81. The molecule has 1 aromatic heterocycles. The van der Waals surface area contributed by atoms with Crippen molar-refractivity contribution < 1.29 is 23.1 Å². The van der Waals surface area contributed by atoms with Gasteiger partial charge in [-0.05, 0) is 66.9 Å². The van der Waals surface area contributed by atoms with E-state index in [9.17, 15) is 18.3 Å². The van der Waals surface area contributed by atoms with Crippen LogP contribution in [-0.2, 0) is 10.0 Å². The standard InChI is InChI=1S/C20H19NO5S2/c1-3-26-15-8-4-14(5-9-15)18-12(2)17(19(27-18)20(22)23)13-6-10-16(11-7-13)28(21,24)25/h4-11H,3H2,1-2H3,(H,22,23)(H2,21,24,25). The van der Waals surface area contributed by atoms with Crippen LogP contribution in [0.2, 0.25) is 0 Å². The number of carboxylic acid groups (broad SMARTS) is 1. The molecule has 6 nitrogen and oxygen atoms in total. The third kappa shape index (κ3) is 3.94. The summed E-state index contributed by atoms with van der Waals surface area (Å²) in [5.41, 5.74) is 2.90. The molecule has 28 heavy (non-hydrogen) atoms. The topological polar surface area (TPSA) is 107 Å². The summed E-state index contributed by atoms with van der Waals surface area (Å²) in [4.78, 5) is 12.8. The molecular formula is C20H19NO5S2. The van der Waals surface area contributed by atoms with E-state index < -0.39 is 16.0 Å². The van der Waals surface area contributed by atoms with Crippen LogP contribution in [0.3, 0.4) is 0 Å². The lowest BCUT2D eigenvalue weighted by atomic mass is 9.99. The first-order chi connectivity index (χ1) is 13.2. The Morgan fingerprint density at radius 1 is 1.07 bits per heavy atom. The molecule has 2 aromatic carbocycles. The van der Waals surface area contributed by atoms with E-state index in [2.05, 4.69) is 0 Å². The fourth-order valence-corrected chi connectivity index (χ4v) is 4.66. The van der Waals surface area contributed by atoms with Crippen LogP contribution in [0.4, 0.5) is 0 Å². The number of hydrogen-bond acceptors (Lipinski definition) is 5. The number of hydrogen-bond donors (Lipinski definition) is 2. The van der Waals surface area contributed by atoms with E-state index in [0.29, 0.717) is 17.7 Å². The normalized spacial score (nSPS) is 11.4. The quantitative estimate of drug-likeness (QED) is 0.627. The Kier molecular flexibility index (Phi) is 5.55. The number of thiophene rings is 1. The predicted octanol–water partition coefficient (Wildman–Crippen LogP) is 4.13.